The first-order valence-corrected chi connectivity index (χ1v) is 6.78. The Kier molecular flexibility index (Phi) is 85.7. The maximum absolute atomic E-state index is 9.25. The molecule has 0 fully saturated rings. The second-order valence-corrected chi connectivity index (χ2v) is 2.87. The van der Waals surface area contributed by atoms with E-state index in [4.69, 9.17) is 51.1 Å². The standard InChI is InChI=1S/2C3H4O2.4C2H6O2/c2*1-2-3(4)5;4*3-1-2-4/h2*2H,1H2,(H,4,5);4*3-4H,1-2H2. The Bertz CT molecular complexity index is 216. The van der Waals surface area contributed by atoms with Gasteiger partial charge in [-0.3, -0.25) is 0 Å². The first-order valence-electron chi connectivity index (χ1n) is 6.78. The topological polar surface area (TPSA) is 236 Å². The van der Waals surface area contributed by atoms with E-state index in [1.807, 2.05) is 0 Å². The molecule has 0 spiro atoms. The quantitative estimate of drug-likeness (QED) is 0.197. The molecule has 0 bridgehead atoms. The molecule has 0 aromatic rings. The molecule has 12 heteroatoms. The molecule has 0 saturated carbocycles. The van der Waals surface area contributed by atoms with Gasteiger partial charge in [-0.15, -0.1) is 0 Å². The molecule has 0 rings (SSSR count). The number of aliphatic carboxylic acids is 2. The third kappa shape index (κ3) is 264. The van der Waals surface area contributed by atoms with Gasteiger partial charge in [-0.05, 0) is 0 Å². The predicted octanol–water partition coefficient (Wildman–Crippen LogP) is -3.60. The van der Waals surface area contributed by atoms with E-state index in [0.29, 0.717) is 0 Å². The maximum atomic E-state index is 9.25. The van der Waals surface area contributed by atoms with Gasteiger partial charge >= 0.3 is 11.9 Å². The summed E-state index contributed by atoms with van der Waals surface area (Å²) < 4.78 is 0. The zero-order valence-electron chi connectivity index (χ0n) is 14.5. The number of carbonyl (C=O) groups is 2. The largest absolute Gasteiger partial charge is 0.478 e. The summed E-state index contributed by atoms with van der Waals surface area (Å²) in [6.07, 6.45) is 1.67. The Hall–Kier alpha value is -1.90. The zero-order valence-corrected chi connectivity index (χ0v) is 14.5. The van der Waals surface area contributed by atoms with Crippen LogP contribution < -0.4 is 0 Å². The van der Waals surface area contributed by atoms with Gasteiger partial charge in [-0.25, -0.2) is 9.59 Å². The van der Waals surface area contributed by atoms with Gasteiger partial charge < -0.3 is 51.1 Å². The second-order valence-electron chi connectivity index (χ2n) is 2.87. The van der Waals surface area contributed by atoms with Gasteiger partial charge in [-0.1, -0.05) is 13.2 Å². The molecule has 0 aliphatic heterocycles. The number of aliphatic hydroxyl groups excluding tert-OH is 8. The maximum Gasteiger partial charge on any atom is 0.327 e. The zero-order chi connectivity index (χ0) is 22.2. The Morgan fingerprint density at radius 1 is 0.500 bits per heavy atom. The summed E-state index contributed by atoms with van der Waals surface area (Å²) in [6, 6.07) is 0. The van der Waals surface area contributed by atoms with Crippen molar-refractivity contribution in [2.75, 3.05) is 52.9 Å². The molecule has 0 atom stereocenters. The highest BCUT2D eigenvalue weighted by atomic mass is 16.4. The van der Waals surface area contributed by atoms with Crippen molar-refractivity contribution < 1.29 is 60.7 Å². The predicted molar refractivity (Wildman–Crippen MR) is 92.4 cm³/mol. The van der Waals surface area contributed by atoms with Crippen molar-refractivity contribution in [2.45, 2.75) is 0 Å². The Balaban J connectivity index is -0.0000000463. The average molecular weight is 392 g/mol. The van der Waals surface area contributed by atoms with Crippen molar-refractivity contribution in [1.29, 1.82) is 0 Å². The van der Waals surface area contributed by atoms with E-state index in [9.17, 15) is 9.59 Å². The van der Waals surface area contributed by atoms with E-state index < -0.39 is 11.9 Å². The van der Waals surface area contributed by atoms with Crippen LogP contribution in [0.3, 0.4) is 0 Å². The van der Waals surface area contributed by atoms with Crippen LogP contribution in [0.25, 0.3) is 0 Å². The van der Waals surface area contributed by atoms with Crippen molar-refractivity contribution in [1.82, 2.24) is 0 Å². The molecule has 0 unspecified atom stereocenters. The summed E-state index contributed by atoms with van der Waals surface area (Å²) in [7, 11) is 0. The summed E-state index contributed by atoms with van der Waals surface area (Å²) in [6.45, 7) is 4.92. The van der Waals surface area contributed by atoms with Gasteiger partial charge in [-0.2, -0.15) is 0 Å². The third-order valence-corrected chi connectivity index (χ3v) is 0.749. The summed E-state index contributed by atoms with van der Waals surface area (Å²) in [5.74, 6) is -1.96. The van der Waals surface area contributed by atoms with Crippen LogP contribution in [0.4, 0.5) is 0 Å². The molecule has 0 aromatic carbocycles. The summed E-state index contributed by atoms with van der Waals surface area (Å²) in [5, 5.41) is 76.2. The monoisotopic (exact) mass is 392 g/mol. The minimum atomic E-state index is -0.981. The van der Waals surface area contributed by atoms with E-state index in [1.54, 1.807) is 0 Å². The van der Waals surface area contributed by atoms with E-state index in [-0.39, 0.29) is 52.9 Å². The van der Waals surface area contributed by atoms with Crippen LogP contribution in [0.5, 0.6) is 0 Å². The Morgan fingerprint density at radius 2 is 0.577 bits per heavy atom. The Morgan fingerprint density at radius 3 is 0.577 bits per heavy atom. The summed E-state index contributed by atoms with van der Waals surface area (Å²) >= 11 is 0. The average Bonchev–Trinajstić information content (AvgIpc) is 2.68. The molecular weight excluding hydrogens is 360 g/mol. The second kappa shape index (κ2) is 56.7. The van der Waals surface area contributed by atoms with Crippen LogP contribution in [0, 0.1) is 0 Å². The highest BCUT2D eigenvalue weighted by Gasteiger charge is 1.73. The number of hydrogen-bond donors (Lipinski definition) is 10. The van der Waals surface area contributed by atoms with Crippen molar-refractivity contribution >= 4 is 11.9 Å². The SMILES string of the molecule is C=CC(=O)O.C=CC(=O)O.OCCO.OCCO.OCCO.OCCO. The van der Waals surface area contributed by atoms with Crippen molar-refractivity contribution in [3.05, 3.63) is 25.3 Å². The third-order valence-electron chi connectivity index (χ3n) is 0.749. The van der Waals surface area contributed by atoms with Gasteiger partial charge in [0.05, 0.1) is 52.9 Å². The molecule has 160 valence electrons. The molecule has 12 nitrogen and oxygen atoms in total. The number of rotatable bonds is 6. The molecule has 0 aliphatic rings. The molecular formula is C14H32O12. The molecule has 0 aromatic heterocycles. The summed E-state index contributed by atoms with van der Waals surface area (Å²) in [5.41, 5.74) is 0. The van der Waals surface area contributed by atoms with E-state index in [0.717, 1.165) is 12.2 Å². The lowest BCUT2D eigenvalue weighted by atomic mass is 10.7. The molecule has 0 radical (unpaired) electrons. The number of aliphatic hydroxyl groups is 8. The lowest BCUT2D eigenvalue weighted by Gasteiger charge is -1.70. The minimum absolute atomic E-state index is 0.125. The number of carboxylic acid groups (broad SMARTS) is 2. The minimum Gasteiger partial charge on any atom is -0.478 e. The molecule has 10 N–H and O–H groups in total. The van der Waals surface area contributed by atoms with Crippen LogP contribution in [0.2, 0.25) is 0 Å². The van der Waals surface area contributed by atoms with Gasteiger partial charge in [0.1, 0.15) is 0 Å². The first kappa shape index (κ1) is 39.3. The number of carboxylic acids is 2. The first-order chi connectivity index (χ1) is 12.2. The lowest BCUT2D eigenvalue weighted by Crippen LogP contribution is -1.85. The van der Waals surface area contributed by atoms with Crippen LogP contribution >= 0.6 is 0 Å². The molecule has 0 saturated heterocycles. The number of hydrogen-bond acceptors (Lipinski definition) is 10. The van der Waals surface area contributed by atoms with Crippen molar-refractivity contribution in [2.24, 2.45) is 0 Å². The fourth-order valence-corrected chi connectivity index (χ4v) is 0. The van der Waals surface area contributed by atoms with E-state index >= 15 is 0 Å². The molecule has 0 heterocycles. The fourth-order valence-electron chi connectivity index (χ4n) is 0. The normalized spacial score (nSPS) is 7.08. The van der Waals surface area contributed by atoms with Gasteiger partial charge in [0.2, 0.25) is 0 Å². The highest BCUT2D eigenvalue weighted by Crippen LogP contribution is 1.55. The van der Waals surface area contributed by atoms with Gasteiger partial charge in [0.15, 0.2) is 0 Å². The van der Waals surface area contributed by atoms with Crippen molar-refractivity contribution in [3.63, 3.8) is 0 Å². The van der Waals surface area contributed by atoms with Crippen LogP contribution in [-0.4, -0.2) is 116 Å². The molecule has 0 amide bonds. The van der Waals surface area contributed by atoms with Crippen molar-refractivity contribution in [3.8, 4) is 0 Å². The van der Waals surface area contributed by atoms with Crippen LogP contribution in [0.15, 0.2) is 25.3 Å². The van der Waals surface area contributed by atoms with E-state index in [1.165, 1.54) is 0 Å². The van der Waals surface area contributed by atoms with Crippen LogP contribution in [-0.2, 0) is 9.59 Å². The van der Waals surface area contributed by atoms with Gasteiger partial charge in [0, 0.05) is 12.2 Å². The summed E-state index contributed by atoms with van der Waals surface area (Å²) in [4.78, 5) is 18.5. The Labute approximate surface area is 151 Å². The van der Waals surface area contributed by atoms with Crippen LogP contribution in [0.1, 0.15) is 0 Å². The smallest absolute Gasteiger partial charge is 0.327 e. The van der Waals surface area contributed by atoms with E-state index in [2.05, 4.69) is 13.2 Å². The lowest BCUT2D eigenvalue weighted by molar-refractivity contribution is -0.132. The molecule has 26 heavy (non-hydrogen) atoms. The van der Waals surface area contributed by atoms with Gasteiger partial charge in [0.25, 0.3) is 0 Å². The fraction of sp³-hybridized carbons (Fsp3) is 0.571. The molecule has 0 aliphatic carbocycles. The highest BCUT2D eigenvalue weighted by molar-refractivity contribution is 5.79.